The van der Waals surface area contributed by atoms with Gasteiger partial charge < -0.3 is 10.2 Å². The topological polar surface area (TPSA) is 57.5 Å². The molecule has 0 amide bonds. The van der Waals surface area contributed by atoms with Crippen molar-refractivity contribution in [3.05, 3.63) is 70.3 Å². The fourth-order valence-corrected chi connectivity index (χ4v) is 2.49. The summed E-state index contributed by atoms with van der Waals surface area (Å²) in [6, 6.07) is 12.6. The number of Topliss-reactive ketones (excluding diaryl/α,β-unsaturated/α-hetero) is 1. The van der Waals surface area contributed by atoms with Crippen LogP contribution in [0.15, 0.2) is 48.0 Å². The molecule has 0 atom stereocenters. The maximum Gasteiger partial charge on any atom is 0.189 e. The van der Waals surface area contributed by atoms with E-state index in [1.54, 1.807) is 12.1 Å². The lowest BCUT2D eigenvalue weighted by molar-refractivity contribution is 0.104. The molecule has 20 heavy (non-hydrogen) atoms. The summed E-state index contributed by atoms with van der Waals surface area (Å²) >= 11 is 0. The second kappa shape index (κ2) is 4.94. The number of allylic oxidation sites excluding steroid dienone is 1. The zero-order chi connectivity index (χ0) is 14.1. The minimum Gasteiger partial charge on any atom is -0.508 e. The van der Waals surface area contributed by atoms with Gasteiger partial charge in [0.05, 0.1) is 6.61 Å². The third-order valence-corrected chi connectivity index (χ3v) is 3.55. The van der Waals surface area contributed by atoms with Crippen LogP contribution in [0.2, 0.25) is 0 Å². The molecule has 1 aliphatic carbocycles. The first-order valence-electron chi connectivity index (χ1n) is 6.45. The van der Waals surface area contributed by atoms with Crippen LogP contribution in [-0.2, 0) is 13.0 Å². The molecule has 0 saturated heterocycles. The zero-order valence-corrected chi connectivity index (χ0v) is 10.8. The van der Waals surface area contributed by atoms with Crippen molar-refractivity contribution in [3.63, 3.8) is 0 Å². The van der Waals surface area contributed by atoms with Crippen molar-refractivity contribution < 1.29 is 15.0 Å². The van der Waals surface area contributed by atoms with Gasteiger partial charge in [-0.2, -0.15) is 0 Å². The molecule has 0 bridgehead atoms. The Labute approximate surface area is 116 Å². The van der Waals surface area contributed by atoms with E-state index in [9.17, 15) is 9.90 Å². The number of aliphatic hydroxyl groups is 1. The van der Waals surface area contributed by atoms with Crippen molar-refractivity contribution in [2.24, 2.45) is 0 Å². The molecule has 0 radical (unpaired) electrons. The van der Waals surface area contributed by atoms with Gasteiger partial charge in [0.15, 0.2) is 5.78 Å². The molecule has 0 saturated carbocycles. The second-order valence-electron chi connectivity index (χ2n) is 4.88. The molecular formula is C17H14O3. The van der Waals surface area contributed by atoms with E-state index in [-0.39, 0.29) is 18.1 Å². The van der Waals surface area contributed by atoms with Crippen molar-refractivity contribution in [1.82, 2.24) is 0 Å². The fraction of sp³-hybridized carbons (Fsp3) is 0.118. The fourth-order valence-electron chi connectivity index (χ4n) is 2.49. The number of carbonyl (C=O) groups is 1. The van der Waals surface area contributed by atoms with Gasteiger partial charge in [-0.3, -0.25) is 4.79 Å². The average Bonchev–Trinajstić information content (AvgIpc) is 2.78. The molecule has 2 aromatic carbocycles. The van der Waals surface area contributed by atoms with E-state index in [0.29, 0.717) is 12.0 Å². The van der Waals surface area contributed by atoms with Gasteiger partial charge in [-0.25, -0.2) is 0 Å². The van der Waals surface area contributed by atoms with Crippen LogP contribution in [0, 0.1) is 0 Å². The molecule has 3 rings (SSSR count). The molecule has 3 nitrogen and oxygen atoms in total. The van der Waals surface area contributed by atoms with Crippen LogP contribution in [0.4, 0.5) is 0 Å². The lowest BCUT2D eigenvalue weighted by Crippen LogP contribution is -1.95. The van der Waals surface area contributed by atoms with E-state index in [2.05, 4.69) is 0 Å². The minimum absolute atomic E-state index is 0.0548. The highest BCUT2D eigenvalue weighted by molar-refractivity contribution is 6.15. The van der Waals surface area contributed by atoms with Gasteiger partial charge in [-0.15, -0.1) is 0 Å². The predicted octanol–water partition coefficient (Wildman–Crippen LogP) is 2.71. The number of aliphatic hydroxyl groups excluding tert-OH is 1. The highest BCUT2D eigenvalue weighted by Crippen LogP contribution is 2.28. The Morgan fingerprint density at radius 2 is 1.95 bits per heavy atom. The average molecular weight is 266 g/mol. The SMILES string of the molecule is O=C1/C(=C\c2ccc(O)c(CO)c2)Cc2ccccc21. The first kappa shape index (κ1) is 12.6. The number of phenols is 1. The normalized spacial score (nSPS) is 15.7. The Kier molecular flexibility index (Phi) is 3.12. The summed E-state index contributed by atoms with van der Waals surface area (Å²) in [6.45, 7) is -0.225. The Morgan fingerprint density at radius 1 is 1.15 bits per heavy atom. The monoisotopic (exact) mass is 266 g/mol. The van der Waals surface area contributed by atoms with Crippen molar-refractivity contribution in [2.45, 2.75) is 13.0 Å². The van der Waals surface area contributed by atoms with E-state index in [1.807, 2.05) is 30.3 Å². The lowest BCUT2D eigenvalue weighted by Gasteiger charge is -2.03. The van der Waals surface area contributed by atoms with Crippen molar-refractivity contribution in [3.8, 4) is 5.75 Å². The molecule has 0 unspecified atom stereocenters. The van der Waals surface area contributed by atoms with Crippen LogP contribution in [0.3, 0.4) is 0 Å². The third kappa shape index (κ3) is 2.12. The maximum absolute atomic E-state index is 12.3. The Balaban J connectivity index is 1.97. The van der Waals surface area contributed by atoms with Crippen molar-refractivity contribution in [2.75, 3.05) is 0 Å². The van der Waals surface area contributed by atoms with Gasteiger partial charge in [0, 0.05) is 23.1 Å². The van der Waals surface area contributed by atoms with E-state index in [0.717, 1.165) is 22.3 Å². The number of benzene rings is 2. The molecule has 100 valence electrons. The third-order valence-electron chi connectivity index (χ3n) is 3.55. The van der Waals surface area contributed by atoms with E-state index in [4.69, 9.17) is 5.11 Å². The summed E-state index contributed by atoms with van der Waals surface area (Å²) in [5, 5.41) is 18.7. The van der Waals surface area contributed by atoms with Crippen LogP contribution in [-0.4, -0.2) is 16.0 Å². The summed E-state index contributed by atoms with van der Waals surface area (Å²) in [6.07, 6.45) is 2.45. The van der Waals surface area contributed by atoms with Gasteiger partial charge in [0.1, 0.15) is 5.75 Å². The molecule has 2 N–H and O–H groups in total. The molecule has 0 fully saturated rings. The summed E-state index contributed by atoms with van der Waals surface area (Å²) in [5.74, 6) is 0.120. The van der Waals surface area contributed by atoms with Gasteiger partial charge in [0.2, 0.25) is 0 Å². The van der Waals surface area contributed by atoms with Crippen LogP contribution >= 0.6 is 0 Å². The van der Waals surface area contributed by atoms with Crippen molar-refractivity contribution >= 4 is 11.9 Å². The van der Waals surface area contributed by atoms with Gasteiger partial charge in [-0.05, 0) is 29.3 Å². The maximum atomic E-state index is 12.3. The summed E-state index contributed by atoms with van der Waals surface area (Å²) in [4.78, 5) is 12.3. The van der Waals surface area contributed by atoms with Crippen LogP contribution in [0.5, 0.6) is 5.75 Å². The van der Waals surface area contributed by atoms with Gasteiger partial charge in [-0.1, -0.05) is 30.3 Å². The summed E-state index contributed by atoms with van der Waals surface area (Å²) in [5.41, 5.74) is 3.82. The molecule has 0 aromatic heterocycles. The van der Waals surface area contributed by atoms with Crippen LogP contribution in [0.1, 0.15) is 27.0 Å². The number of carbonyl (C=O) groups excluding carboxylic acids is 1. The number of hydrogen-bond acceptors (Lipinski definition) is 3. The Hall–Kier alpha value is -2.39. The number of ketones is 1. The van der Waals surface area contributed by atoms with E-state index in [1.165, 1.54) is 6.07 Å². The summed E-state index contributed by atoms with van der Waals surface area (Å²) in [7, 11) is 0. The smallest absolute Gasteiger partial charge is 0.189 e. The van der Waals surface area contributed by atoms with E-state index < -0.39 is 0 Å². The summed E-state index contributed by atoms with van der Waals surface area (Å²) < 4.78 is 0. The Bertz CT molecular complexity index is 714. The predicted molar refractivity (Wildman–Crippen MR) is 76.5 cm³/mol. The molecule has 0 aliphatic heterocycles. The quantitative estimate of drug-likeness (QED) is 0.822. The van der Waals surface area contributed by atoms with E-state index >= 15 is 0 Å². The number of fused-ring (bicyclic) bond motifs is 1. The highest BCUT2D eigenvalue weighted by atomic mass is 16.3. The highest BCUT2D eigenvalue weighted by Gasteiger charge is 2.23. The molecular weight excluding hydrogens is 252 g/mol. The standard InChI is InChI=1S/C17H14O3/c18-10-14-8-11(5-6-16(14)19)7-13-9-12-3-1-2-4-15(12)17(13)20/h1-8,18-19H,9-10H2/b13-7-. The lowest BCUT2D eigenvalue weighted by atomic mass is 10.0. The van der Waals surface area contributed by atoms with Crippen LogP contribution in [0.25, 0.3) is 6.08 Å². The molecule has 0 heterocycles. The molecule has 2 aromatic rings. The molecule has 3 heteroatoms. The van der Waals surface area contributed by atoms with Crippen molar-refractivity contribution in [1.29, 1.82) is 0 Å². The van der Waals surface area contributed by atoms with Gasteiger partial charge in [0.25, 0.3) is 0 Å². The van der Waals surface area contributed by atoms with Gasteiger partial charge >= 0.3 is 0 Å². The van der Waals surface area contributed by atoms with Crippen LogP contribution < -0.4 is 0 Å². The second-order valence-corrected chi connectivity index (χ2v) is 4.88. The first-order chi connectivity index (χ1) is 9.69. The minimum atomic E-state index is -0.225. The zero-order valence-electron chi connectivity index (χ0n) is 10.8. The number of rotatable bonds is 2. The number of aromatic hydroxyl groups is 1. The molecule has 0 spiro atoms. The molecule has 1 aliphatic rings. The first-order valence-corrected chi connectivity index (χ1v) is 6.45. The number of hydrogen-bond donors (Lipinski definition) is 2. The Morgan fingerprint density at radius 3 is 2.70 bits per heavy atom. The largest absolute Gasteiger partial charge is 0.508 e.